The first kappa shape index (κ1) is 16.3. The fourth-order valence-electron chi connectivity index (χ4n) is 1.95. The van der Waals surface area contributed by atoms with E-state index in [1.54, 1.807) is 24.3 Å². The SMILES string of the molecule is O=[SH](=O)Nc1cc2ccccc2c(N[SH](=O)=O)c1N[SH](=O)=O. The molecule has 0 aliphatic heterocycles. The summed E-state index contributed by atoms with van der Waals surface area (Å²) in [6, 6.07) is 7.90. The van der Waals surface area contributed by atoms with Gasteiger partial charge in [0.2, 0.25) is 32.7 Å². The lowest BCUT2D eigenvalue weighted by Gasteiger charge is -2.15. The lowest BCUT2D eigenvalue weighted by atomic mass is 10.1. The minimum atomic E-state index is -3.14. The Balaban J connectivity index is 2.85. The van der Waals surface area contributed by atoms with Gasteiger partial charge in [-0.15, -0.1) is 0 Å². The van der Waals surface area contributed by atoms with Gasteiger partial charge in [-0.05, 0) is 11.5 Å². The molecule has 2 aromatic carbocycles. The first-order chi connectivity index (χ1) is 10.4. The van der Waals surface area contributed by atoms with Crippen molar-refractivity contribution < 1.29 is 25.3 Å². The van der Waals surface area contributed by atoms with E-state index in [9.17, 15) is 25.3 Å². The lowest BCUT2D eigenvalue weighted by Crippen LogP contribution is -2.07. The van der Waals surface area contributed by atoms with Crippen LogP contribution in [0.2, 0.25) is 0 Å². The summed E-state index contributed by atoms with van der Waals surface area (Å²) in [6.45, 7) is 0. The molecule has 12 heteroatoms. The van der Waals surface area contributed by atoms with Gasteiger partial charge in [-0.2, -0.15) is 0 Å². The van der Waals surface area contributed by atoms with Crippen molar-refractivity contribution in [3.63, 3.8) is 0 Å². The number of nitrogens with one attached hydrogen (secondary N) is 3. The number of hydrogen-bond donors (Lipinski definition) is 6. The number of thiol groups is 3. The Morgan fingerprint density at radius 3 is 1.82 bits per heavy atom. The van der Waals surface area contributed by atoms with Crippen LogP contribution in [0.3, 0.4) is 0 Å². The number of fused-ring (bicyclic) bond motifs is 1. The van der Waals surface area contributed by atoms with Crippen LogP contribution < -0.4 is 14.2 Å². The smallest absolute Gasteiger partial charge is 0.222 e. The van der Waals surface area contributed by atoms with Crippen molar-refractivity contribution in [2.45, 2.75) is 0 Å². The topological polar surface area (TPSA) is 139 Å². The Labute approximate surface area is 130 Å². The van der Waals surface area contributed by atoms with E-state index in [0.717, 1.165) is 0 Å². The number of hydrogen-bond acceptors (Lipinski definition) is 6. The van der Waals surface area contributed by atoms with Gasteiger partial charge < -0.3 is 0 Å². The highest BCUT2D eigenvalue weighted by Gasteiger charge is 2.15. The fraction of sp³-hybridized carbons (Fsp3) is 0. The number of anilines is 3. The first-order valence-corrected chi connectivity index (χ1v) is 9.20. The van der Waals surface area contributed by atoms with Crippen LogP contribution in [-0.2, 0) is 32.7 Å². The largest absolute Gasteiger partial charge is 0.284 e. The molecule has 0 saturated heterocycles. The van der Waals surface area contributed by atoms with Crippen molar-refractivity contribution in [3.8, 4) is 0 Å². The highest BCUT2D eigenvalue weighted by molar-refractivity contribution is 7.74. The van der Waals surface area contributed by atoms with Crippen molar-refractivity contribution in [1.29, 1.82) is 0 Å². The quantitative estimate of drug-likeness (QED) is 0.387. The highest BCUT2D eigenvalue weighted by Crippen LogP contribution is 2.38. The van der Waals surface area contributed by atoms with Crippen LogP contribution >= 0.6 is 0 Å². The molecule has 0 heterocycles. The maximum absolute atomic E-state index is 11.0. The predicted molar refractivity (Wildman–Crippen MR) is 85.8 cm³/mol. The van der Waals surface area contributed by atoms with E-state index in [0.29, 0.717) is 10.8 Å². The van der Waals surface area contributed by atoms with E-state index in [-0.39, 0.29) is 17.1 Å². The summed E-state index contributed by atoms with van der Waals surface area (Å²) in [7, 11) is -9.30. The van der Waals surface area contributed by atoms with E-state index < -0.39 is 32.7 Å². The van der Waals surface area contributed by atoms with Crippen LogP contribution in [0.15, 0.2) is 30.3 Å². The molecule has 0 amide bonds. The van der Waals surface area contributed by atoms with Gasteiger partial charge in [-0.1, -0.05) is 24.3 Å². The van der Waals surface area contributed by atoms with E-state index in [4.69, 9.17) is 0 Å². The van der Waals surface area contributed by atoms with Crippen LogP contribution in [0.5, 0.6) is 0 Å². The van der Waals surface area contributed by atoms with Crippen LogP contribution in [0.25, 0.3) is 10.8 Å². The second kappa shape index (κ2) is 6.81. The van der Waals surface area contributed by atoms with Crippen LogP contribution in [0.1, 0.15) is 0 Å². The Morgan fingerprint density at radius 1 is 0.682 bits per heavy atom. The molecule has 0 atom stereocenters. The summed E-state index contributed by atoms with van der Waals surface area (Å²) in [6.07, 6.45) is 0. The molecule has 0 saturated carbocycles. The summed E-state index contributed by atoms with van der Waals surface area (Å²) in [5.41, 5.74) is -0.352. The molecular weight excluding hydrogens is 354 g/mol. The standard InChI is InChI=1S/C10H11N3O6S3/c14-20(15)11-8-5-6-3-1-2-4-7(6)9(12-21(16)17)10(8)13-22(18)19/h1-5,20-22H,(H,11,14,15)(H,12,16,17)(H,13,18,19). The Bertz CT molecular complexity index is 924. The van der Waals surface area contributed by atoms with Gasteiger partial charge in [-0.25, -0.2) is 25.3 Å². The van der Waals surface area contributed by atoms with Crippen molar-refractivity contribution in [1.82, 2.24) is 0 Å². The molecule has 0 radical (unpaired) electrons. The molecule has 120 valence electrons. The summed E-state index contributed by atoms with van der Waals surface area (Å²) >= 11 is 0. The van der Waals surface area contributed by atoms with E-state index in [1.165, 1.54) is 6.07 Å². The average Bonchev–Trinajstić information content (AvgIpc) is 2.41. The molecule has 0 fully saturated rings. The first-order valence-electron chi connectivity index (χ1n) is 5.67. The van der Waals surface area contributed by atoms with Gasteiger partial charge in [0.25, 0.3) is 0 Å². The van der Waals surface area contributed by atoms with Crippen molar-refractivity contribution in [2.24, 2.45) is 0 Å². The molecule has 0 bridgehead atoms. The summed E-state index contributed by atoms with van der Waals surface area (Å²) < 4.78 is 71.9. The zero-order valence-electron chi connectivity index (χ0n) is 10.7. The van der Waals surface area contributed by atoms with Gasteiger partial charge in [-0.3, -0.25) is 14.2 Å². The zero-order valence-corrected chi connectivity index (χ0v) is 13.4. The molecule has 22 heavy (non-hydrogen) atoms. The third kappa shape index (κ3) is 3.78. The third-order valence-electron chi connectivity index (χ3n) is 2.67. The van der Waals surface area contributed by atoms with Gasteiger partial charge in [0.1, 0.15) is 0 Å². The van der Waals surface area contributed by atoms with Crippen molar-refractivity contribution >= 4 is 60.5 Å². The minimum absolute atomic E-state index is 0.0623. The minimum Gasteiger partial charge on any atom is -0.284 e. The Kier molecular flexibility index (Phi) is 5.05. The molecule has 3 N–H and O–H groups in total. The molecule has 2 aromatic rings. The molecular formula is C10H11N3O6S3. The molecule has 0 unspecified atom stereocenters. The van der Waals surface area contributed by atoms with Gasteiger partial charge in [0.15, 0.2) is 0 Å². The zero-order chi connectivity index (χ0) is 16.3. The van der Waals surface area contributed by atoms with E-state index in [2.05, 4.69) is 9.44 Å². The summed E-state index contributed by atoms with van der Waals surface area (Å²) in [4.78, 5) is 0. The Morgan fingerprint density at radius 2 is 1.23 bits per heavy atom. The average molecular weight is 365 g/mol. The predicted octanol–water partition coefficient (Wildman–Crippen LogP) is -0.345. The molecule has 0 aliphatic carbocycles. The maximum Gasteiger partial charge on any atom is 0.222 e. The molecule has 0 aliphatic rings. The molecule has 9 nitrogen and oxygen atoms in total. The molecule has 2 rings (SSSR count). The fourth-order valence-corrected chi connectivity index (χ4v) is 3.15. The second-order valence-electron chi connectivity index (χ2n) is 4.00. The molecule has 0 spiro atoms. The summed E-state index contributed by atoms with van der Waals surface area (Å²) in [5.74, 6) is 0. The highest BCUT2D eigenvalue weighted by atomic mass is 32.2. The lowest BCUT2D eigenvalue weighted by molar-refractivity contribution is 0.616. The normalized spacial score (nSPS) is 11.2. The van der Waals surface area contributed by atoms with Crippen LogP contribution in [0, 0.1) is 0 Å². The number of benzene rings is 2. The van der Waals surface area contributed by atoms with E-state index >= 15 is 0 Å². The van der Waals surface area contributed by atoms with Crippen LogP contribution in [-0.4, -0.2) is 25.3 Å². The van der Waals surface area contributed by atoms with Gasteiger partial charge in [0.05, 0.1) is 17.1 Å². The molecule has 0 aromatic heterocycles. The van der Waals surface area contributed by atoms with Gasteiger partial charge >= 0.3 is 0 Å². The van der Waals surface area contributed by atoms with Gasteiger partial charge in [0, 0.05) is 5.39 Å². The number of rotatable bonds is 6. The second-order valence-corrected chi connectivity index (χ2v) is 6.22. The van der Waals surface area contributed by atoms with Crippen LogP contribution in [0.4, 0.5) is 17.1 Å². The maximum atomic E-state index is 11.0. The summed E-state index contributed by atoms with van der Waals surface area (Å²) in [5, 5.41) is 0.931. The third-order valence-corrected chi connectivity index (χ3v) is 3.90. The monoisotopic (exact) mass is 365 g/mol. The van der Waals surface area contributed by atoms with Crippen molar-refractivity contribution in [3.05, 3.63) is 30.3 Å². The Hall–Kier alpha value is -2.05. The van der Waals surface area contributed by atoms with E-state index in [1.807, 2.05) is 4.72 Å². The van der Waals surface area contributed by atoms with Crippen molar-refractivity contribution in [2.75, 3.05) is 14.2 Å².